The molecule has 0 spiro atoms. The number of nitrogens with one attached hydrogen (secondary N) is 1. The lowest BCUT2D eigenvalue weighted by atomic mass is 9.98. The van der Waals surface area contributed by atoms with E-state index in [9.17, 15) is 18.0 Å². The summed E-state index contributed by atoms with van der Waals surface area (Å²) in [7, 11) is 0. The third-order valence-electron chi connectivity index (χ3n) is 4.78. The fraction of sp³-hybridized carbons (Fsp3) is 0.450. The SMILES string of the molecule is CCCCCc1ccc2cc([C@H](N3CCC(=O)N3)C(F)(F)F)ccc2c1. The van der Waals surface area contributed by atoms with E-state index in [0.717, 1.165) is 35.0 Å². The molecule has 1 heterocycles. The largest absolute Gasteiger partial charge is 0.409 e. The highest BCUT2D eigenvalue weighted by Crippen LogP contribution is 2.38. The summed E-state index contributed by atoms with van der Waals surface area (Å²) in [6, 6.07) is 8.93. The van der Waals surface area contributed by atoms with Crippen LogP contribution in [0.4, 0.5) is 13.2 Å². The fourth-order valence-corrected chi connectivity index (χ4v) is 3.45. The van der Waals surface area contributed by atoms with Crippen LogP contribution in [0.1, 0.15) is 49.8 Å². The Labute approximate surface area is 151 Å². The number of hydrazine groups is 1. The van der Waals surface area contributed by atoms with Crippen molar-refractivity contribution in [3.63, 3.8) is 0 Å². The highest BCUT2D eigenvalue weighted by atomic mass is 19.4. The second kappa shape index (κ2) is 7.66. The number of carbonyl (C=O) groups excluding carboxylic acids is 1. The number of hydrogen-bond acceptors (Lipinski definition) is 2. The van der Waals surface area contributed by atoms with Crippen molar-refractivity contribution >= 4 is 16.7 Å². The first kappa shape index (κ1) is 18.7. The number of fused-ring (bicyclic) bond motifs is 1. The van der Waals surface area contributed by atoms with E-state index in [-0.39, 0.29) is 24.4 Å². The minimum atomic E-state index is -4.47. The van der Waals surface area contributed by atoms with Gasteiger partial charge in [-0.2, -0.15) is 13.2 Å². The van der Waals surface area contributed by atoms with Gasteiger partial charge in [-0.3, -0.25) is 10.2 Å². The van der Waals surface area contributed by atoms with Crippen molar-refractivity contribution in [2.24, 2.45) is 0 Å². The summed E-state index contributed by atoms with van der Waals surface area (Å²) in [5.74, 6) is -0.378. The number of unbranched alkanes of at least 4 members (excludes halogenated alkanes) is 2. The Morgan fingerprint density at radius 1 is 1.12 bits per heavy atom. The molecule has 1 amide bonds. The Hall–Kier alpha value is -2.08. The number of aryl methyl sites for hydroxylation is 1. The number of nitrogens with zero attached hydrogens (tertiary/aromatic N) is 1. The molecule has 0 aliphatic carbocycles. The van der Waals surface area contributed by atoms with Crippen molar-refractivity contribution in [1.29, 1.82) is 0 Å². The van der Waals surface area contributed by atoms with Crippen LogP contribution in [0.25, 0.3) is 10.8 Å². The number of rotatable bonds is 6. The molecule has 6 heteroatoms. The summed E-state index contributed by atoms with van der Waals surface area (Å²) >= 11 is 0. The molecule has 0 unspecified atom stereocenters. The number of amides is 1. The summed E-state index contributed by atoms with van der Waals surface area (Å²) in [5, 5.41) is 2.71. The van der Waals surface area contributed by atoms with Gasteiger partial charge in [0.25, 0.3) is 0 Å². The number of halogens is 3. The minimum Gasteiger partial charge on any atom is -0.288 e. The zero-order valence-electron chi connectivity index (χ0n) is 14.8. The van der Waals surface area contributed by atoms with Gasteiger partial charge in [-0.15, -0.1) is 0 Å². The Balaban J connectivity index is 1.88. The van der Waals surface area contributed by atoms with Gasteiger partial charge >= 0.3 is 6.18 Å². The van der Waals surface area contributed by atoms with Gasteiger partial charge in [0, 0.05) is 13.0 Å². The fourth-order valence-electron chi connectivity index (χ4n) is 3.45. The lowest BCUT2D eigenvalue weighted by molar-refractivity contribution is -0.191. The molecule has 1 aliphatic rings. The highest BCUT2D eigenvalue weighted by Gasteiger charge is 2.46. The molecule has 1 fully saturated rings. The van der Waals surface area contributed by atoms with E-state index in [1.807, 2.05) is 12.1 Å². The van der Waals surface area contributed by atoms with Crippen molar-refractivity contribution in [2.45, 2.75) is 51.2 Å². The van der Waals surface area contributed by atoms with Gasteiger partial charge in [-0.1, -0.05) is 50.1 Å². The zero-order valence-corrected chi connectivity index (χ0v) is 14.8. The molecule has 1 atom stereocenters. The average molecular weight is 364 g/mol. The number of benzene rings is 2. The summed E-state index contributed by atoms with van der Waals surface area (Å²) in [4.78, 5) is 11.4. The molecule has 1 saturated heterocycles. The summed E-state index contributed by atoms with van der Waals surface area (Å²) in [5.41, 5.74) is 3.67. The highest BCUT2D eigenvalue weighted by molar-refractivity contribution is 5.84. The number of hydrogen-bond donors (Lipinski definition) is 1. The molecule has 26 heavy (non-hydrogen) atoms. The van der Waals surface area contributed by atoms with Crippen molar-refractivity contribution in [1.82, 2.24) is 10.4 Å². The molecule has 1 N–H and O–H groups in total. The smallest absolute Gasteiger partial charge is 0.288 e. The first-order valence-electron chi connectivity index (χ1n) is 9.04. The summed E-state index contributed by atoms with van der Waals surface area (Å²) in [6.07, 6.45) is 0.0443. The maximum Gasteiger partial charge on any atom is 0.409 e. The molecule has 140 valence electrons. The Kier molecular flexibility index (Phi) is 5.51. The predicted molar refractivity (Wildman–Crippen MR) is 95.4 cm³/mol. The maximum atomic E-state index is 13.6. The second-order valence-electron chi connectivity index (χ2n) is 6.82. The third kappa shape index (κ3) is 4.18. The van der Waals surface area contributed by atoms with Crippen LogP contribution in [-0.4, -0.2) is 23.6 Å². The molecule has 2 aromatic rings. The molecule has 0 bridgehead atoms. The van der Waals surface area contributed by atoms with Crippen LogP contribution in [0.5, 0.6) is 0 Å². The standard InChI is InChI=1S/C20H23F3N2O/c1-2-3-4-5-14-6-7-16-13-17(9-8-15(16)12-14)19(20(21,22)23)25-11-10-18(26)24-25/h6-9,12-13,19H,2-5,10-11H2,1H3,(H,24,26)/t19-/m0/s1. The van der Waals surface area contributed by atoms with E-state index < -0.39 is 12.2 Å². The quantitative estimate of drug-likeness (QED) is 0.739. The van der Waals surface area contributed by atoms with Crippen LogP contribution in [0.15, 0.2) is 36.4 Å². The van der Waals surface area contributed by atoms with Gasteiger partial charge in [-0.05, 0) is 40.8 Å². The van der Waals surface area contributed by atoms with Gasteiger partial charge in [0.05, 0.1) is 0 Å². The lowest BCUT2D eigenvalue weighted by Gasteiger charge is -2.29. The first-order valence-corrected chi connectivity index (χ1v) is 9.04. The van der Waals surface area contributed by atoms with Crippen LogP contribution in [0.2, 0.25) is 0 Å². The zero-order chi connectivity index (χ0) is 18.7. The monoisotopic (exact) mass is 364 g/mol. The molecule has 3 rings (SSSR count). The van der Waals surface area contributed by atoms with E-state index in [0.29, 0.717) is 0 Å². The lowest BCUT2D eigenvalue weighted by Crippen LogP contribution is -2.43. The topological polar surface area (TPSA) is 32.3 Å². The minimum absolute atomic E-state index is 0.0530. The Morgan fingerprint density at radius 3 is 2.50 bits per heavy atom. The summed E-state index contributed by atoms with van der Waals surface area (Å²) in [6.45, 7) is 2.21. The average Bonchev–Trinajstić information content (AvgIpc) is 2.99. The Bertz CT molecular complexity index is 788. The van der Waals surface area contributed by atoms with Crippen LogP contribution < -0.4 is 5.43 Å². The normalized spacial score (nSPS) is 16.8. The molecule has 0 saturated carbocycles. The predicted octanol–water partition coefficient (Wildman–Crippen LogP) is 4.91. The molecule has 3 nitrogen and oxygen atoms in total. The van der Waals surface area contributed by atoms with Crippen LogP contribution in [0.3, 0.4) is 0 Å². The molecular weight excluding hydrogens is 341 g/mol. The maximum absolute atomic E-state index is 13.6. The van der Waals surface area contributed by atoms with E-state index >= 15 is 0 Å². The number of alkyl halides is 3. The molecule has 0 aromatic heterocycles. The third-order valence-corrected chi connectivity index (χ3v) is 4.78. The van der Waals surface area contributed by atoms with E-state index in [2.05, 4.69) is 18.4 Å². The summed E-state index contributed by atoms with van der Waals surface area (Å²) < 4.78 is 40.9. The van der Waals surface area contributed by atoms with E-state index in [1.54, 1.807) is 12.1 Å². The van der Waals surface area contributed by atoms with Gasteiger partial charge in [0.15, 0.2) is 0 Å². The van der Waals surface area contributed by atoms with Gasteiger partial charge in [0.1, 0.15) is 6.04 Å². The van der Waals surface area contributed by atoms with Gasteiger partial charge in [-0.25, -0.2) is 5.01 Å². The molecule has 0 radical (unpaired) electrons. The number of carbonyl (C=O) groups is 1. The molecule has 1 aliphatic heterocycles. The van der Waals surface area contributed by atoms with Crippen molar-refractivity contribution in [3.8, 4) is 0 Å². The van der Waals surface area contributed by atoms with Crippen molar-refractivity contribution in [3.05, 3.63) is 47.5 Å². The molecular formula is C20H23F3N2O. The van der Waals surface area contributed by atoms with E-state index in [1.165, 1.54) is 18.1 Å². The van der Waals surface area contributed by atoms with Crippen LogP contribution >= 0.6 is 0 Å². The van der Waals surface area contributed by atoms with Gasteiger partial charge < -0.3 is 0 Å². The second-order valence-corrected chi connectivity index (χ2v) is 6.82. The van der Waals surface area contributed by atoms with Crippen molar-refractivity contribution < 1.29 is 18.0 Å². The van der Waals surface area contributed by atoms with Gasteiger partial charge in [0.2, 0.25) is 5.91 Å². The molecule has 2 aromatic carbocycles. The van der Waals surface area contributed by atoms with E-state index in [4.69, 9.17) is 0 Å². The van der Waals surface area contributed by atoms with Crippen molar-refractivity contribution in [2.75, 3.05) is 6.54 Å². The van der Waals surface area contributed by atoms with Crippen LogP contribution in [-0.2, 0) is 11.2 Å². The first-order chi connectivity index (χ1) is 12.4. The van der Waals surface area contributed by atoms with Crippen LogP contribution in [0, 0.1) is 0 Å². The Morgan fingerprint density at radius 2 is 1.85 bits per heavy atom.